The van der Waals surface area contributed by atoms with Crippen molar-refractivity contribution in [3.8, 4) is 0 Å². The van der Waals surface area contributed by atoms with Gasteiger partial charge in [-0.25, -0.2) is 4.98 Å². The second-order valence-electron chi connectivity index (χ2n) is 7.49. The van der Waals surface area contributed by atoms with Crippen molar-refractivity contribution in [2.24, 2.45) is 11.8 Å². The number of likely N-dealkylation sites (tertiary alicyclic amines) is 1. The Bertz CT molecular complexity index is 528. The molecule has 0 bridgehead atoms. The Morgan fingerprint density at radius 2 is 1.95 bits per heavy atom. The highest BCUT2D eigenvalue weighted by atomic mass is 16.2. The van der Waals surface area contributed by atoms with Crippen LogP contribution < -0.4 is 0 Å². The summed E-state index contributed by atoms with van der Waals surface area (Å²) >= 11 is 0. The maximum Gasteiger partial charge on any atom is 0.225 e. The molecule has 2 aliphatic carbocycles. The van der Waals surface area contributed by atoms with Gasteiger partial charge >= 0.3 is 0 Å². The molecule has 0 aromatic carbocycles. The van der Waals surface area contributed by atoms with Crippen LogP contribution in [0.25, 0.3) is 0 Å². The van der Waals surface area contributed by atoms with Crippen LogP contribution in [0.2, 0.25) is 0 Å². The third-order valence-corrected chi connectivity index (χ3v) is 5.70. The van der Waals surface area contributed by atoms with Crippen molar-refractivity contribution in [3.63, 3.8) is 0 Å². The summed E-state index contributed by atoms with van der Waals surface area (Å²) in [6.45, 7) is 2.97. The van der Waals surface area contributed by atoms with Gasteiger partial charge < -0.3 is 9.47 Å². The molecule has 1 atom stereocenters. The number of hydrogen-bond donors (Lipinski definition) is 0. The largest absolute Gasteiger partial charge is 0.342 e. The Hall–Kier alpha value is -1.32. The number of imidazole rings is 1. The molecule has 3 aliphatic rings. The van der Waals surface area contributed by atoms with E-state index in [1.165, 1.54) is 37.9 Å². The Kier molecular flexibility index (Phi) is 3.93. The normalized spacial score (nSPS) is 26.5. The van der Waals surface area contributed by atoms with Crippen LogP contribution in [0, 0.1) is 11.8 Å². The minimum absolute atomic E-state index is 0.310. The van der Waals surface area contributed by atoms with Crippen molar-refractivity contribution < 1.29 is 4.79 Å². The van der Waals surface area contributed by atoms with Gasteiger partial charge in [-0.3, -0.25) is 4.79 Å². The van der Waals surface area contributed by atoms with E-state index in [0.717, 1.165) is 44.8 Å². The average Bonchev–Trinajstić information content (AvgIpc) is 3.04. The molecule has 120 valence electrons. The maximum atomic E-state index is 12.7. The van der Waals surface area contributed by atoms with Gasteiger partial charge in [0.2, 0.25) is 5.91 Å². The van der Waals surface area contributed by atoms with Gasteiger partial charge in [-0.15, -0.1) is 0 Å². The standard InChI is InChI=1S/C18H27N3O/c22-18(15-4-1-2-5-15)21-10-3-6-16(13-21)17-19-9-11-20(17)12-14-7-8-14/h9,11,14-16H,1-8,10,12-13H2/t16-/m0/s1. The van der Waals surface area contributed by atoms with Crippen molar-refractivity contribution >= 4 is 5.91 Å². The molecule has 2 heterocycles. The Balaban J connectivity index is 1.44. The summed E-state index contributed by atoms with van der Waals surface area (Å²) in [5.41, 5.74) is 0. The van der Waals surface area contributed by atoms with Crippen molar-refractivity contribution in [2.45, 2.75) is 63.8 Å². The average molecular weight is 301 g/mol. The summed E-state index contributed by atoms with van der Waals surface area (Å²) in [5, 5.41) is 0. The zero-order chi connectivity index (χ0) is 14.9. The van der Waals surface area contributed by atoms with Crippen molar-refractivity contribution in [1.29, 1.82) is 0 Å². The highest BCUT2D eigenvalue weighted by molar-refractivity contribution is 5.79. The van der Waals surface area contributed by atoms with Crippen molar-refractivity contribution in [2.75, 3.05) is 13.1 Å². The summed E-state index contributed by atoms with van der Waals surface area (Å²) < 4.78 is 2.35. The van der Waals surface area contributed by atoms with Gasteiger partial charge in [-0.1, -0.05) is 12.8 Å². The SMILES string of the molecule is O=C(C1CCCC1)N1CCC[C@H](c2nccn2CC2CC2)C1. The fraction of sp³-hybridized carbons (Fsp3) is 0.778. The molecule has 4 rings (SSSR count). The molecule has 1 aromatic rings. The quantitative estimate of drug-likeness (QED) is 0.856. The van der Waals surface area contributed by atoms with Gasteiger partial charge in [0.1, 0.15) is 5.82 Å². The van der Waals surface area contributed by atoms with Crippen LogP contribution in [0.4, 0.5) is 0 Å². The highest BCUT2D eigenvalue weighted by Gasteiger charge is 2.33. The van der Waals surface area contributed by atoms with E-state index < -0.39 is 0 Å². The van der Waals surface area contributed by atoms with E-state index in [2.05, 4.69) is 20.6 Å². The second kappa shape index (κ2) is 6.05. The van der Waals surface area contributed by atoms with Gasteiger partial charge in [-0.05, 0) is 44.4 Å². The summed E-state index contributed by atoms with van der Waals surface area (Å²) in [4.78, 5) is 19.5. The zero-order valence-electron chi connectivity index (χ0n) is 13.4. The van der Waals surface area contributed by atoms with Crippen LogP contribution in [0.3, 0.4) is 0 Å². The molecular weight excluding hydrogens is 274 g/mol. The van der Waals surface area contributed by atoms with E-state index in [1.54, 1.807) is 0 Å². The molecule has 22 heavy (non-hydrogen) atoms. The van der Waals surface area contributed by atoms with E-state index in [-0.39, 0.29) is 0 Å². The van der Waals surface area contributed by atoms with Crippen molar-refractivity contribution in [3.05, 3.63) is 18.2 Å². The van der Waals surface area contributed by atoms with E-state index in [9.17, 15) is 4.79 Å². The lowest BCUT2D eigenvalue weighted by molar-refractivity contribution is -0.136. The highest BCUT2D eigenvalue weighted by Crippen LogP contribution is 2.34. The van der Waals surface area contributed by atoms with Crippen LogP contribution in [0.15, 0.2) is 12.4 Å². The van der Waals surface area contributed by atoms with Crippen LogP contribution in [-0.2, 0) is 11.3 Å². The fourth-order valence-electron chi connectivity index (χ4n) is 4.23. The molecule has 3 fully saturated rings. The Morgan fingerprint density at radius 3 is 2.73 bits per heavy atom. The van der Waals surface area contributed by atoms with Crippen molar-refractivity contribution in [1.82, 2.24) is 14.5 Å². The van der Waals surface area contributed by atoms with Gasteiger partial charge in [0.05, 0.1) is 0 Å². The summed E-state index contributed by atoms with van der Waals surface area (Å²) in [6, 6.07) is 0. The Labute approximate surface area is 132 Å². The molecule has 0 unspecified atom stereocenters. The third-order valence-electron chi connectivity index (χ3n) is 5.70. The summed E-state index contributed by atoms with van der Waals surface area (Å²) in [5.74, 6) is 3.25. The third kappa shape index (κ3) is 2.92. The first-order chi connectivity index (χ1) is 10.8. The topological polar surface area (TPSA) is 38.1 Å². The Morgan fingerprint density at radius 1 is 1.14 bits per heavy atom. The van der Waals surface area contributed by atoms with Crippen LogP contribution in [0.1, 0.15) is 63.1 Å². The lowest BCUT2D eigenvalue weighted by Crippen LogP contribution is -2.42. The number of piperidine rings is 1. The number of nitrogens with zero attached hydrogens (tertiary/aromatic N) is 3. The molecule has 0 radical (unpaired) electrons. The summed E-state index contributed by atoms with van der Waals surface area (Å²) in [7, 11) is 0. The minimum atomic E-state index is 0.310. The number of carbonyl (C=O) groups is 1. The smallest absolute Gasteiger partial charge is 0.225 e. The van der Waals surface area contributed by atoms with Crippen LogP contribution in [-0.4, -0.2) is 33.4 Å². The number of hydrogen-bond acceptors (Lipinski definition) is 2. The van der Waals surface area contributed by atoms with Gasteiger partial charge in [0, 0.05) is 43.9 Å². The predicted molar refractivity (Wildman–Crippen MR) is 85.5 cm³/mol. The molecular formula is C18H27N3O. The van der Waals surface area contributed by atoms with E-state index in [4.69, 9.17) is 0 Å². The number of rotatable bonds is 4. The molecule has 2 saturated carbocycles. The first-order valence-corrected chi connectivity index (χ1v) is 9.11. The van der Waals surface area contributed by atoms with E-state index in [0.29, 0.717) is 17.7 Å². The molecule has 1 aliphatic heterocycles. The predicted octanol–water partition coefficient (Wildman–Crippen LogP) is 3.19. The van der Waals surface area contributed by atoms with E-state index >= 15 is 0 Å². The molecule has 4 heteroatoms. The molecule has 4 nitrogen and oxygen atoms in total. The van der Waals surface area contributed by atoms with Crippen LogP contribution in [0.5, 0.6) is 0 Å². The molecule has 1 saturated heterocycles. The molecule has 0 spiro atoms. The molecule has 0 N–H and O–H groups in total. The molecule has 1 amide bonds. The van der Waals surface area contributed by atoms with E-state index in [1.807, 2.05) is 6.20 Å². The number of carbonyl (C=O) groups excluding carboxylic acids is 1. The summed E-state index contributed by atoms with van der Waals surface area (Å²) in [6.07, 6.45) is 13.8. The number of aromatic nitrogens is 2. The number of amides is 1. The first kappa shape index (κ1) is 14.3. The zero-order valence-corrected chi connectivity index (χ0v) is 13.4. The monoisotopic (exact) mass is 301 g/mol. The maximum absolute atomic E-state index is 12.7. The minimum Gasteiger partial charge on any atom is -0.342 e. The fourth-order valence-corrected chi connectivity index (χ4v) is 4.23. The van der Waals surface area contributed by atoms with Crippen LogP contribution >= 0.6 is 0 Å². The lowest BCUT2D eigenvalue weighted by atomic mass is 9.95. The second-order valence-corrected chi connectivity index (χ2v) is 7.49. The lowest BCUT2D eigenvalue weighted by Gasteiger charge is -2.34. The van der Waals surface area contributed by atoms with Gasteiger partial charge in [-0.2, -0.15) is 0 Å². The van der Waals surface area contributed by atoms with Gasteiger partial charge in [0.25, 0.3) is 0 Å². The molecule has 1 aromatic heterocycles. The van der Waals surface area contributed by atoms with Gasteiger partial charge in [0.15, 0.2) is 0 Å². The first-order valence-electron chi connectivity index (χ1n) is 9.11.